The quantitative estimate of drug-likeness (QED) is 0.556. The second-order valence-electron chi connectivity index (χ2n) is 3.40. The number of nitrogens with zero attached hydrogens (tertiary/aromatic N) is 1. The number of rotatable bonds is 1. The van der Waals surface area contributed by atoms with Gasteiger partial charge in [0, 0.05) is 17.9 Å². The molecule has 1 aromatic rings. The minimum absolute atomic E-state index is 0.0369. The fraction of sp³-hybridized carbons (Fsp3) is 0.400. The molecule has 1 aliphatic heterocycles. The molecule has 0 spiro atoms. The van der Waals surface area contributed by atoms with Crippen LogP contribution < -0.4 is 0 Å². The molecule has 0 saturated carbocycles. The summed E-state index contributed by atoms with van der Waals surface area (Å²) in [5.74, 6) is 0.130. The Morgan fingerprint density at radius 3 is 2.38 bits per heavy atom. The topological polar surface area (TPSA) is 3.24 Å². The third kappa shape index (κ3) is 1.91. The Hall–Kier alpha value is -0.750. The molecule has 1 unspecified atom stereocenters. The molecule has 88 valence electrons. The van der Waals surface area contributed by atoms with E-state index in [1.807, 2.05) is 0 Å². The highest BCUT2D eigenvalue weighted by Gasteiger charge is 2.56. The Kier molecular flexibility index (Phi) is 2.88. The van der Waals surface area contributed by atoms with Gasteiger partial charge < -0.3 is 0 Å². The van der Waals surface area contributed by atoms with Gasteiger partial charge in [0.25, 0.3) is 0 Å². The van der Waals surface area contributed by atoms with Crippen LogP contribution in [0.3, 0.4) is 0 Å². The molecule has 1 saturated heterocycles. The average molecular weight is 251 g/mol. The highest BCUT2D eigenvalue weighted by atomic mass is 32.2. The lowest BCUT2D eigenvalue weighted by molar-refractivity contribution is -0.277. The van der Waals surface area contributed by atoms with Crippen molar-refractivity contribution in [3.8, 4) is 0 Å². The lowest BCUT2D eigenvalue weighted by atomic mass is 10.2. The highest BCUT2D eigenvalue weighted by molar-refractivity contribution is 8.00. The molecule has 6 heteroatoms. The van der Waals surface area contributed by atoms with Crippen LogP contribution in [0.15, 0.2) is 30.3 Å². The first kappa shape index (κ1) is 11.7. The minimum Gasteiger partial charge on any atom is -0.208 e. The van der Waals surface area contributed by atoms with Crippen molar-refractivity contribution in [2.75, 3.05) is 12.3 Å². The average Bonchev–Trinajstić information content (AvgIpc) is 2.63. The summed E-state index contributed by atoms with van der Waals surface area (Å²) in [7, 11) is 0. The van der Waals surface area contributed by atoms with E-state index in [0.717, 1.165) is 0 Å². The number of alkyl halides is 4. The van der Waals surface area contributed by atoms with Gasteiger partial charge in [-0.2, -0.15) is 18.1 Å². The molecule has 0 aromatic heterocycles. The predicted octanol–water partition coefficient (Wildman–Crippen LogP) is 3.34. The van der Waals surface area contributed by atoms with Crippen LogP contribution >= 0.6 is 11.8 Å². The maximum absolute atomic E-state index is 14.4. The van der Waals surface area contributed by atoms with Crippen LogP contribution in [0.2, 0.25) is 0 Å². The van der Waals surface area contributed by atoms with Crippen molar-refractivity contribution in [1.82, 2.24) is 4.90 Å². The second kappa shape index (κ2) is 3.92. The molecule has 2 rings (SSSR count). The van der Waals surface area contributed by atoms with Gasteiger partial charge in [0.05, 0.1) is 0 Å². The van der Waals surface area contributed by atoms with Gasteiger partial charge in [-0.25, -0.2) is 4.39 Å². The molecule has 0 radical (unpaired) electrons. The number of hydrogen-bond acceptors (Lipinski definition) is 2. The summed E-state index contributed by atoms with van der Waals surface area (Å²) in [5, 5.41) is -2.49. The van der Waals surface area contributed by atoms with Crippen LogP contribution in [0.25, 0.3) is 0 Å². The van der Waals surface area contributed by atoms with E-state index in [4.69, 9.17) is 0 Å². The Morgan fingerprint density at radius 1 is 1.19 bits per heavy atom. The van der Waals surface area contributed by atoms with Gasteiger partial charge in [0.2, 0.25) is 5.12 Å². The van der Waals surface area contributed by atoms with Gasteiger partial charge in [0.1, 0.15) is 0 Å². The van der Waals surface area contributed by atoms with Crippen molar-refractivity contribution in [2.24, 2.45) is 0 Å². The largest absolute Gasteiger partial charge is 0.463 e. The van der Waals surface area contributed by atoms with Gasteiger partial charge >= 0.3 is 6.30 Å². The van der Waals surface area contributed by atoms with E-state index in [0.29, 0.717) is 11.8 Å². The van der Waals surface area contributed by atoms with Crippen molar-refractivity contribution >= 4 is 11.8 Å². The molecule has 1 aromatic carbocycles. The molecular formula is C10H9F4NS. The summed E-state index contributed by atoms with van der Waals surface area (Å²) >= 11 is 0.672. The van der Waals surface area contributed by atoms with E-state index in [9.17, 15) is 17.6 Å². The number of thioether (sulfide) groups is 1. The Balaban J connectivity index is 2.37. The van der Waals surface area contributed by atoms with Crippen molar-refractivity contribution in [3.05, 3.63) is 35.9 Å². The predicted molar refractivity (Wildman–Crippen MR) is 54.4 cm³/mol. The molecule has 0 amide bonds. The second-order valence-corrected chi connectivity index (χ2v) is 4.63. The van der Waals surface area contributed by atoms with Crippen LogP contribution in [0.1, 0.15) is 5.56 Å². The molecule has 1 atom stereocenters. The molecule has 1 fully saturated rings. The van der Waals surface area contributed by atoms with Gasteiger partial charge in [0.15, 0.2) is 0 Å². The summed E-state index contributed by atoms with van der Waals surface area (Å²) in [6, 6.07) is 7.45. The van der Waals surface area contributed by atoms with Crippen LogP contribution in [0.5, 0.6) is 0 Å². The number of hydrogen-bond donors (Lipinski definition) is 0. The van der Waals surface area contributed by atoms with Gasteiger partial charge in [-0.05, 0) is 0 Å². The Labute approximate surface area is 94.4 Å². The van der Waals surface area contributed by atoms with Crippen LogP contribution in [0, 0.1) is 0 Å². The number of halogens is 4. The third-order valence-electron chi connectivity index (χ3n) is 2.39. The fourth-order valence-electron chi connectivity index (χ4n) is 1.67. The SMILES string of the molecule is FC(F)(F)N1CCSC1(F)c1ccccc1. The van der Waals surface area contributed by atoms with Gasteiger partial charge in [-0.15, -0.1) is 0 Å². The van der Waals surface area contributed by atoms with Gasteiger partial charge in [-0.1, -0.05) is 42.1 Å². The van der Waals surface area contributed by atoms with E-state index in [2.05, 4.69) is 0 Å². The zero-order chi connectivity index (χ0) is 11.8. The molecule has 0 aliphatic carbocycles. The highest BCUT2D eigenvalue weighted by Crippen LogP contribution is 2.50. The standard InChI is InChI=1S/C10H9F4NS/c11-9(8-4-2-1-3-5-8)15(6-7-16-9)10(12,13)14/h1-5H,6-7H2. The zero-order valence-electron chi connectivity index (χ0n) is 8.17. The van der Waals surface area contributed by atoms with E-state index in [1.165, 1.54) is 24.3 Å². The minimum atomic E-state index is -4.64. The Morgan fingerprint density at radius 2 is 1.81 bits per heavy atom. The summed E-state index contributed by atoms with van der Waals surface area (Å²) < 4.78 is 52.2. The summed E-state index contributed by atoms with van der Waals surface area (Å²) in [6.45, 7) is -0.320. The van der Waals surface area contributed by atoms with E-state index >= 15 is 0 Å². The monoisotopic (exact) mass is 251 g/mol. The van der Waals surface area contributed by atoms with Crippen molar-refractivity contribution in [2.45, 2.75) is 11.4 Å². The summed E-state index contributed by atoms with van der Waals surface area (Å²) in [4.78, 5) is -0.0556. The van der Waals surface area contributed by atoms with Crippen molar-refractivity contribution in [3.63, 3.8) is 0 Å². The fourth-order valence-corrected chi connectivity index (χ4v) is 2.86. The number of benzene rings is 1. The molecule has 1 heterocycles. The molecule has 16 heavy (non-hydrogen) atoms. The lowest BCUT2D eigenvalue weighted by Gasteiger charge is -2.31. The molecule has 0 N–H and O–H groups in total. The van der Waals surface area contributed by atoms with Crippen LogP contribution in [-0.4, -0.2) is 23.5 Å². The normalized spacial score (nSPS) is 27.2. The first-order valence-corrected chi connectivity index (χ1v) is 5.66. The maximum atomic E-state index is 14.4. The molecule has 1 aliphatic rings. The van der Waals surface area contributed by atoms with Crippen molar-refractivity contribution in [1.29, 1.82) is 0 Å². The first-order chi connectivity index (χ1) is 7.44. The van der Waals surface area contributed by atoms with Crippen LogP contribution in [0.4, 0.5) is 17.6 Å². The van der Waals surface area contributed by atoms with Gasteiger partial charge in [-0.3, -0.25) is 0 Å². The van der Waals surface area contributed by atoms with E-state index < -0.39 is 11.4 Å². The molecular weight excluding hydrogens is 242 g/mol. The summed E-state index contributed by atoms with van der Waals surface area (Å²) in [5.41, 5.74) is 0.0369. The smallest absolute Gasteiger partial charge is 0.208 e. The van der Waals surface area contributed by atoms with Crippen molar-refractivity contribution < 1.29 is 17.6 Å². The Bertz CT molecular complexity index is 367. The molecule has 0 bridgehead atoms. The zero-order valence-corrected chi connectivity index (χ0v) is 8.98. The van der Waals surface area contributed by atoms with Crippen LogP contribution in [-0.2, 0) is 5.12 Å². The van der Waals surface area contributed by atoms with E-state index in [-0.39, 0.29) is 22.8 Å². The summed E-state index contributed by atoms with van der Waals surface area (Å²) in [6.07, 6.45) is -4.64. The first-order valence-electron chi connectivity index (χ1n) is 4.67. The molecule has 1 nitrogen and oxygen atoms in total. The lowest BCUT2D eigenvalue weighted by Crippen LogP contribution is -2.45. The maximum Gasteiger partial charge on any atom is 0.463 e. The van der Waals surface area contributed by atoms with E-state index in [1.54, 1.807) is 6.07 Å². The third-order valence-corrected chi connectivity index (χ3v) is 3.62.